The van der Waals surface area contributed by atoms with Crippen molar-refractivity contribution in [1.82, 2.24) is 0 Å². The second-order valence-electron chi connectivity index (χ2n) is 4.20. The maximum Gasteiger partial charge on any atom is 0.118 e. The molecular formula is C19H22O2. The molecule has 0 aliphatic rings. The maximum absolute atomic E-state index is 9.74. The van der Waals surface area contributed by atoms with E-state index in [1.807, 2.05) is 0 Å². The van der Waals surface area contributed by atoms with Crippen LogP contribution >= 0.6 is 0 Å². The Labute approximate surface area is 138 Å². The fourth-order valence-electron chi connectivity index (χ4n) is 1.98. The van der Waals surface area contributed by atoms with Crippen LogP contribution in [0.2, 0.25) is 0 Å². The minimum atomic E-state index is -2.10. The van der Waals surface area contributed by atoms with Crippen molar-refractivity contribution in [3.8, 4) is 11.5 Å². The summed E-state index contributed by atoms with van der Waals surface area (Å²) in [6.07, 6.45) is -4.19. The second kappa shape index (κ2) is 6.98. The van der Waals surface area contributed by atoms with E-state index >= 15 is 0 Å². The van der Waals surface area contributed by atoms with Crippen molar-refractivity contribution in [2.75, 3.05) is 7.11 Å². The van der Waals surface area contributed by atoms with Crippen LogP contribution in [0, 0.1) is 0 Å². The molecule has 2 aromatic rings. The fraction of sp³-hybridized carbons (Fsp3) is 0.263. The lowest BCUT2D eigenvalue weighted by atomic mass is 9.91. The number of aromatic hydroxyl groups is 1. The Balaban J connectivity index is 3.01. The van der Waals surface area contributed by atoms with Crippen molar-refractivity contribution < 1.29 is 20.8 Å². The number of ether oxygens (including phenoxy) is 1. The first kappa shape index (κ1) is 7.69. The van der Waals surface area contributed by atoms with Crippen molar-refractivity contribution in [3.05, 3.63) is 59.6 Å². The summed E-state index contributed by atoms with van der Waals surface area (Å²) in [4.78, 5) is 0. The van der Waals surface area contributed by atoms with Crippen LogP contribution in [0.4, 0.5) is 0 Å². The Morgan fingerprint density at radius 1 is 1.00 bits per heavy atom. The summed E-state index contributed by atoms with van der Waals surface area (Å²) in [7, 11) is 1.32. The summed E-state index contributed by atoms with van der Waals surface area (Å²) in [6, 6.07) is 3.85. The van der Waals surface area contributed by atoms with Gasteiger partial charge in [0.1, 0.15) is 11.5 Å². The largest absolute Gasteiger partial charge is 0.508 e. The predicted octanol–water partition coefficient (Wildman–Crippen LogP) is 5.13. The molecular weight excluding hydrogens is 260 g/mol. The van der Waals surface area contributed by atoms with Gasteiger partial charge < -0.3 is 9.84 Å². The molecule has 0 heterocycles. The van der Waals surface area contributed by atoms with Crippen LogP contribution < -0.4 is 4.74 Å². The van der Waals surface area contributed by atoms with Gasteiger partial charge in [-0.1, -0.05) is 38.1 Å². The molecule has 0 saturated carbocycles. The smallest absolute Gasteiger partial charge is 0.118 e. The Kier molecular flexibility index (Phi) is 2.56. The lowest BCUT2D eigenvalue weighted by Gasteiger charge is -2.14. The molecule has 2 aromatic carbocycles. The highest BCUT2D eigenvalue weighted by Gasteiger charge is 2.09. The number of benzene rings is 2. The van der Waals surface area contributed by atoms with E-state index in [1.165, 1.54) is 45.2 Å². The van der Waals surface area contributed by atoms with Gasteiger partial charge >= 0.3 is 0 Å². The molecule has 21 heavy (non-hydrogen) atoms. The van der Waals surface area contributed by atoms with Gasteiger partial charge in [0.2, 0.25) is 0 Å². The zero-order valence-electron chi connectivity index (χ0n) is 20.2. The number of allylic oxidation sites excluding steroid dienone is 2. The highest BCUT2D eigenvalue weighted by atomic mass is 16.5. The van der Waals surface area contributed by atoms with Crippen LogP contribution in [0.1, 0.15) is 48.7 Å². The molecule has 0 bridgehead atoms. The van der Waals surface area contributed by atoms with E-state index < -0.39 is 18.5 Å². The summed E-state index contributed by atoms with van der Waals surface area (Å²) < 4.78 is 70.1. The fourth-order valence-corrected chi connectivity index (χ4v) is 1.98. The summed E-state index contributed by atoms with van der Waals surface area (Å²) in [6.45, 7) is 2.45. The van der Waals surface area contributed by atoms with Crippen LogP contribution in [0.3, 0.4) is 0 Å². The summed E-state index contributed by atoms with van der Waals surface area (Å²) in [5.41, 5.74) is -0.0461. The molecule has 0 aliphatic carbocycles. The van der Waals surface area contributed by atoms with Gasteiger partial charge in [-0.25, -0.2) is 0 Å². The number of methoxy groups -OCH3 is 1. The quantitative estimate of drug-likeness (QED) is 0.773. The van der Waals surface area contributed by atoms with E-state index in [4.69, 9.17) is 15.7 Å². The highest BCUT2D eigenvalue weighted by molar-refractivity contribution is 5.90. The molecule has 0 atom stereocenters. The van der Waals surface area contributed by atoms with Crippen molar-refractivity contribution >= 4 is 11.1 Å². The van der Waals surface area contributed by atoms with E-state index in [9.17, 15) is 5.11 Å². The molecule has 2 heteroatoms. The van der Waals surface area contributed by atoms with Crippen LogP contribution in [-0.4, -0.2) is 12.2 Å². The standard InChI is InChI=1S/C19H22O2/c1-4-18(14-6-10-16(20)11-7-14)19(5-2)15-8-12-17(21-3)13-9-15/h6-13,20H,4-5H2,1-3H3/b19-18+/i4D2,5D2,10D,11D,12D,13D. The molecule has 0 spiro atoms. The average molecular weight is 290 g/mol. The van der Waals surface area contributed by atoms with Gasteiger partial charge in [0.25, 0.3) is 0 Å². The normalized spacial score (nSPS) is 18.8. The molecule has 0 unspecified atom stereocenters. The van der Waals surface area contributed by atoms with E-state index in [0.717, 1.165) is 0 Å². The highest BCUT2D eigenvalue weighted by Crippen LogP contribution is 2.32. The third-order valence-corrected chi connectivity index (χ3v) is 2.98. The third-order valence-electron chi connectivity index (χ3n) is 2.98. The Morgan fingerprint density at radius 3 is 1.81 bits per heavy atom. The van der Waals surface area contributed by atoms with Gasteiger partial charge in [0.05, 0.1) is 12.6 Å². The zero-order valence-corrected chi connectivity index (χ0v) is 12.2. The molecule has 2 rings (SSSR count). The summed E-state index contributed by atoms with van der Waals surface area (Å²) in [5.74, 6) is -0.547. The Hall–Kier alpha value is -2.22. The van der Waals surface area contributed by atoms with Crippen molar-refractivity contribution in [1.29, 1.82) is 0 Å². The van der Waals surface area contributed by atoms with Gasteiger partial charge in [0, 0.05) is 5.48 Å². The lowest BCUT2D eigenvalue weighted by molar-refractivity contribution is 0.415. The number of rotatable bonds is 5. The summed E-state index contributed by atoms with van der Waals surface area (Å²) >= 11 is 0. The molecule has 0 amide bonds. The van der Waals surface area contributed by atoms with Crippen molar-refractivity contribution in [2.24, 2.45) is 0 Å². The number of hydrogen-bond acceptors (Lipinski definition) is 2. The molecule has 0 saturated heterocycles. The first-order valence-electron chi connectivity index (χ1n) is 10.4. The van der Waals surface area contributed by atoms with Crippen LogP contribution in [0.5, 0.6) is 11.5 Å². The van der Waals surface area contributed by atoms with Gasteiger partial charge in [-0.2, -0.15) is 0 Å². The topological polar surface area (TPSA) is 29.5 Å². The summed E-state index contributed by atoms with van der Waals surface area (Å²) in [5, 5.41) is 9.74. The first-order valence-corrected chi connectivity index (χ1v) is 6.40. The van der Waals surface area contributed by atoms with Gasteiger partial charge in [-0.15, -0.1) is 0 Å². The molecule has 0 fully saturated rings. The molecule has 2 nitrogen and oxygen atoms in total. The number of phenolic OH excluding ortho intramolecular Hbond substituents is 1. The Bertz CT molecular complexity index is 925. The monoisotopic (exact) mass is 290 g/mol. The lowest BCUT2D eigenvalue weighted by Crippen LogP contribution is -1.92. The van der Waals surface area contributed by atoms with E-state index in [-0.39, 0.29) is 52.2 Å². The molecule has 0 radical (unpaired) electrons. The first-order chi connectivity index (χ1) is 13.2. The van der Waals surface area contributed by atoms with Crippen LogP contribution in [0.25, 0.3) is 11.1 Å². The van der Waals surface area contributed by atoms with Gasteiger partial charge in [0.15, 0.2) is 0 Å². The molecule has 0 aliphatic heterocycles. The van der Waals surface area contributed by atoms with Gasteiger partial charge in [-0.3, -0.25) is 0 Å². The third kappa shape index (κ3) is 3.46. The SMILES string of the molecule is [2H]c1cc(/C(=C(/c2cc([2H])c(OC)c([2H])c2)C([2H])([2H])C)C([2H])([2H])C)cc([2H])c1O. The average Bonchev–Trinajstić information content (AvgIpc) is 2.54. The minimum absolute atomic E-state index is 0.0114. The van der Waals surface area contributed by atoms with E-state index in [0.29, 0.717) is 0 Å². The van der Waals surface area contributed by atoms with Crippen LogP contribution in [0.15, 0.2) is 48.4 Å². The van der Waals surface area contributed by atoms with E-state index in [2.05, 4.69) is 0 Å². The van der Waals surface area contributed by atoms with Crippen molar-refractivity contribution in [3.63, 3.8) is 0 Å². The zero-order chi connectivity index (χ0) is 22.3. The van der Waals surface area contributed by atoms with Gasteiger partial charge in [-0.05, 0) is 59.2 Å². The predicted molar refractivity (Wildman–Crippen MR) is 88.5 cm³/mol. The van der Waals surface area contributed by atoms with E-state index in [1.54, 1.807) is 0 Å². The molecule has 0 aromatic heterocycles. The Morgan fingerprint density at radius 2 is 1.43 bits per heavy atom. The minimum Gasteiger partial charge on any atom is -0.508 e. The number of hydrogen-bond donors (Lipinski definition) is 1. The second-order valence-corrected chi connectivity index (χ2v) is 4.20. The van der Waals surface area contributed by atoms with Crippen molar-refractivity contribution in [2.45, 2.75) is 26.6 Å². The molecule has 1 N–H and O–H groups in total. The molecule has 110 valence electrons. The maximum atomic E-state index is 9.74. The number of phenols is 1. The van der Waals surface area contributed by atoms with Crippen LogP contribution in [-0.2, 0) is 0 Å².